The van der Waals surface area contributed by atoms with Crippen molar-refractivity contribution < 1.29 is 14.3 Å². The standard InChI is InChI=1S/C14H16O3/c1-11-2-5-14(17-11)10-16-13-6-3-12(4-7-13)8-9-15/h2-7,15H,8-10H2,1H3. The van der Waals surface area contributed by atoms with E-state index in [0.29, 0.717) is 13.0 Å². The molecule has 1 aromatic heterocycles. The molecular formula is C14H16O3. The fourth-order valence-electron chi connectivity index (χ4n) is 1.60. The third-order valence-corrected chi connectivity index (χ3v) is 2.50. The largest absolute Gasteiger partial charge is 0.486 e. The van der Waals surface area contributed by atoms with Gasteiger partial charge in [0.15, 0.2) is 0 Å². The summed E-state index contributed by atoms with van der Waals surface area (Å²) < 4.78 is 11.0. The molecule has 0 fully saturated rings. The van der Waals surface area contributed by atoms with E-state index in [1.165, 1.54) is 0 Å². The molecule has 1 heterocycles. The molecule has 0 aliphatic carbocycles. The van der Waals surface area contributed by atoms with Gasteiger partial charge in [0.1, 0.15) is 23.9 Å². The molecule has 17 heavy (non-hydrogen) atoms. The molecule has 1 N–H and O–H groups in total. The van der Waals surface area contributed by atoms with Gasteiger partial charge in [-0.3, -0.25) is 0 Å². The number of aryl methyl sites for hydroxylation is 1. The Bertz CT molecular complexity index is 457. The molecule has 1 aromatic carbocycles. The van der Waals surface area contributed by atoms with Crippen LogP contribution in [0.25, 0.3) is 0 Å². The minimum absolute atomic E-state index is 0.172. The lowest BCUT2D eigenvalue weighted by atomic mass is 10.1. The molecule has 0 spiro atoms. The topological polar surface area (TPSA) is 42.6 Å². The van der Waals surface area contributed by atoms with Crippen LogP contribution in [0.5, 0.6) is 5.75 Å². The van der Waals surface area contributed by atoms with Gasteiger partial charge in [0.2, 0.25) is 0 Å². The normalized spacial score (nSPS) is 10.5. The third-order valence-electron chi connectivity index (χ3n) is 2.50. The number of hydrogen-bond acceptors (Lipinski definition) is 3. The molecule has 0 amide bonds. The van der Waals surface area contributed by atoms with Gasteiger partial charge in [-0.05, 0) is 43.2 Å². The number of furan rings is 1. The molecule has 0 radical (unpaired) electrons. The van der Waals surface area contributed by atoms with Crippen molar-refractivity contribution in [3.63, 3.8) is 0 Å². The van der Waals surface area contributed by atoms with Crippen molar-refractivity contribution in [2.45, 2.75) is 20.0 Å². The van der Waals surface area contributed by atoms with Gasteiger partial charge < -0.3 is 14.3 Å². The second-order valence-corrected chi connectivity index (χ2v) is 3.92. The Hall–Kier alpha value is -1.74. The highest BCUT2D eigenvalue weighted by atomic mass is 16.5. The summed E-state index contributed by atoms with van der Waals surface area (Å²) in [4.78, 5) is 0. The van der Waals surface area contributed by atoms with E-state index < -0.39 is 0 Å². The van der Waals surface area contributed by atoms with E-state index >= 15 is 0 Å². The average Bonchev–Trinajstić information content (AvgIpc) is 2.75. The summed E-state index contributed by atoms with van der Waals surface area (Å²) in [5.41, 5.74) is 1.11. The van der Waals surface area contributed by atoms with Gasteiger partial charge >= 0.3 is 0 Å². The quantitative estimate of drug-likeness (QED) is 0.861. The van der Waals surface area contributed by atoms with Gasteiger partial charge in [-0.2, -0.15) is 0 Å². The maximum atomic E-state index is 8.80. The molecule has 2 rings (SSSR count). The summed E-state index contributed by atoms with van der Waals surface area (Å²) in [5.74, 6) is 2.52. The van der Waals surface area contributed by atoms with Crippen molar-refractivity contribution in [2.24, 2.45) is 0 Å². The predicted molar refractivity (Wildman–Crippen MR) is 65.0 cm³/mol. The number of rotatable bonds is 5. The highest BCUT2D eigenvalue weighted by Crippen LogP contribution is 2.15. The second kappa shape index (κ2) is 5.55. The van der Waals surface area contributed by atoms with E-state index in [1.54, 1.807) is 0 Å². The zero-order valence-electron chi connectivity index (χ0n) is 9.85. The van der Waals surface area contributed by atoms with Crippen LogP contribution in [-0.2, 0) is 13.0 Å². The molecule has 0 aliphatic rings. The first kappa shape index (κ1) is 11.7. The second-order valence-electron chi connectivity index (χ2n) is 3.92. The third kappa shape index (κ3) is 3.36. The first-order valence-corrected chi connectivity index (χ1v) is 5.66. The highest BCUT2D eigenvalue weighted by Gasteiger charge is 2.00. The van der Waals surface area contributed by atoms with E-state index in [0.717, 1.165) is 22.8 Å². The fraction of sp³-hybridized carbons (Fsp3) is 0.286. The van der Waals surface area contributed by atoms with Gasteiger partial charge in [-0.25, -0.2) is 0 Å². The number of hydrogen-bond donors (Lipinski definition) is 1. The lowest BCUT2D eigenvalue weighted by Gasteiger charge is -2.05. The Morgan fingerprint density at radius 3 is 2.47 bits per heavy atom. The van der Waals surface area contributed by atoms with E-state index in [1.807, 2.05) is 43.3 Å². The molecule has 90 valence electrons. The molecule has 0 atom stereocenters. The summed E-state index contributed by atoms with van der Waals surface area (Å²) in [6.45, 7) is 2.52. The molecule has 0 saturated heterocycles. The van der Waals surface area contributed by atoms with Crippen molar-refractivity contribution in [1.29, 1.82) is 0 Å². The van der Waals surface area contributed by atoms with Gasteiger partial charge in [-0.1, -0.05) is 12.1 Å². The number of benzene rings is 1. The maximum Gasteiger partial charge on any atom is 0.146 e. The zero-order valence-corrected chi connectivity index (χ0v) is 9.85. The Labute approximate surface area is 101 Å². The molecule has 0 unspecified atom stereocenters. The zero-order chi connectivity index (χ0) is 12.1. The number of aliphatic hydroxyl groups is 1. The SMILES string of the molecule is Cc1ccc(COc2ccc(CCO)cc2)o1. The molecule has 3 heteroatoms. The van der Waals surface area contributed by atoms with Gasteiger partial charge in [0.05, 0.1) is 0 Å². The van der Waals surface area contributed by atoms with Crippen molar-refractivity contribution in [3.05, 3.63) is 53.5 Å². The van der Waals surface area contributed by atoms with Crippen LogP contribution in [0.1, 0.15) is 17.1 Å². The Morgan fingerprint density at radius 1 is 1.12 bits per heavy atom. The van der Waals surface area contributed by atoms with Crippen molar-refractivity contribution in [2.75, 3.05) is 6.61 Å². The lowest BCUT2D eigenvalue weighted by Crippen LogP contribution is -1.95. The van der Waals surface area contributed by atoms with Crippen LogP contribution < -0.4 is 4.74 Å². The van der Waals surface area contributed by atoms with Crippen LogP contribution in [0.2, 0.25) is 0 Å². The van der Waals surface area contributed by atoms with Crippen LogP contribution in [0, 0.1) is 6.92 Å². The summed E-state index contributed by atoms with van der Waals surface area (Å²) in [7, 11) is 0. The first-order valence-electron chi connectivity index (χ1n) is 5.66. The number of aliphatic hydroxyl groups excluding tert-OH is 1. The molecule has 0 saturated carbocycles. The Morgan fingerprint density at radius 2 is 1.88 bits per heavy atom. The van der Waals surface area contributed by atoms with Crippen molar-refractivity contribution in [3.8, 4) is 5.75 Å². The van der Waals surface area contributed by atoms with Crippen LogP contribution in [0.3, 0.4) is 0 Å². The molecule has 3 nitrogen and oxygen atoms in total. The molecule has 0 aliphatic heterocycles. The van der Waals surface area contributed by atoms with Crippen LogP contribution in [-0.4, -0.2) is 11.7 Å². The van der Waals surface area contributed by atoms with Gasteiger partial charge in [-0.15, -0.1) is 0 Å². The van der Waals surface area contributed by atoms with Gasteiger partial charge in [0.25, 0.3) is 0 Å². The summed E-state index contributed by atoms with van der Waals surface area (Å²) >= 11 is 0. The van der Waals surface area contributed by atoms with E-state index in [-0.39, 0.29) is 6.61 Å². The maximum absolute atomic E-state index is 8.80. The summed E-state index contributed by atoms with van der Waals surface area (Å²) in [5, 5.41) is 8.80. The lowest BCUT2D eigenvalue weighted by molar-refractivity contribution is 0.267. The smallest absolute Gasteiger partial charge is 0.146 e. The van der Waals surface area contributed by atoms with Crippen molar-refractivity contribution in [1.82, 2.24) is 0 Å². The molecule has 0 bridgehead atoms. The van der Waals surface area contributed by atoms with Crippen LogP contribution >= 0.6 is 0 Å². The van der Waals surface area contributed by atoms with E-state index in [2.05, 4.69) is 0 Å². The molecule has 2 aromatic rings. The van der Waals surface area contributed by atoms with Gasteiger partial charge in [0, 0.05) is 6.61 Å². The minimum Gasteiger partial charge on any atom is -0.486 e. The van der Waals surface area contributed by atoms with Crippen LogP contribution in [0.15, 0.2) is 40.8 Å². The fourth-order valence-corrected chi connectivity index (χ4v) is 1.60. The van der Waals surface area contributed by atoms with E-state index in [4.69, 9.17) is 14.3 Å². The Balaban J connectivity index is 1.90. The number of ether oxygens (including phenoxy) is 1. The monoisotopic (exact) mass is 232 g/mol. The van der Waals surface area contributed by atoms with Crippen LogP contribution in [0.4, 0.5) is 0 Å². The summed E-state index contributed by atoms with van der Waals surface area (Å²) in [6, 6.07) is 11.6. The Kier molecular flexibility index (Phi) is 3.83. The molecular weight excluding hydrogens is 216 g/mol. The average molecular weight is 232 g/mol. The minimum atomic E-state index is 0.172. The summed E-state index contributed by atoms with van der Waals surface area (Å²) in [6.07, 6.45) is 0.678. The highest BCUT2D eigenvalue weighted by molar-refractivity contribution is 5.27. The first-order chi connectivity index (χ1) is 8.28. The predicted octanol–water partition coefficient (Wildman–Crippen LogP) is 2.70. The van der Waals surface area contributed by atoms with E-state index in [9.17, 15) is 0 Å². The van der Waals surface area contributed by atoms with Crippen molar-refractivity contribution >= 4 is 0 Å².